The number of carbonyl (C=O) groups excluding carboxylic acids is 1. The molecule has 0 saturated carbocycles. The van der Waals surface area contributed by atoms with Crippen molar-refractivity contribution in [1.29, 1.82) is 0 Å². The zero-order valence-corrected chi connectivity index (χ0v) is 13.0. The molecule has 0 aliphatic rings. The van der Waals surface area contributed by atoms with E-state index in [0.717, 1.165) is 0 Å². The molecule has 0 spiro atoms. The fourth-order valence-corrected chi connectivity index (χ4v) is 2.13. The maximum Gasteiger partial charge on any atom is 0.271 e. The van der Waals surface area contributed by atoms with E-state index in [-0.39, 0.29) is 23.5 Å². The summed E-state index contributed by atoms with van der Waals surface area (Å²) in [6, 6.07) is 15.6. The van der Waals surface area contributed by atoms with Crippen LogP contribution in [0.1, 0.15) is 16.1 Å². The predicted molar refractivity (Wildman–Crippen MR) is 88.9 cm³/mol. The second kappa shape index (κ2) is 7.39. The van der Waals surface area contributed by atoms with E-state index in [0.29, 0.717) is 11.3 Å². The van der Waals surface area contributed by atoms with Crippen LogP contribution in [0.5, 0.6) is 11.5 Å². The number of para-hydroxylation sites is 2. The second-order valence-corrected chi connectivity index (χ2v) is 5.13. The van der Waals surface area contributed by atoms with Gasteiger partial charge in [0.05, 0.1) is 0 Å². The van der Waals surface area contributed by atoms with Crippen LogP contribution < -0.4 is 15.6 Å². The molecular weight excluding hydrogens is 325 g/mol. The Kier molecular flexibility index (Phi) is 4.84. The molecule has 0 saturated heterocycles. The largest absolute Gasteiger partial charge is 0.454 e. The quantitative estimate of drug-likeness (QED) is 0.748. The monoisotopic (exact) mass is 339 g/mol. The topological polar surface area (TPSA) is 84.1 Å². The van der Waals surface area contributed by atoms with Gasteiger partial charge in [-0.3, -0.25) is 9.59 Å². The number of nitrogens with one attached hydrogen (secondary N) is 2. The van der Waals surface area contributed by atoms with Crippen molar-refractivity contribution in [2.24, 2.45) is 0 Å². The van der Waals surface area contributed by atoms with Gasteiger partial charge in [0.1, 0.15) is 11.4 Å². The highest BCUT2D eigenvalue weighted by Crippen LogP contribution is 2.27. The summed E-state index contributed by atoms with van der Waals surface area (Å²) in [6.45, 7) is 0.157. The van der Waals surface area contributed by atoms with Gasteiger partial charge in [-0.05, 0) is 24.3 Å². The molecule has 0 bridgehead atoms. The summed E-state index contributed by atoms with van der Waals surface area (Å²) in [5.74, 6) is -0.387. The number of benzene rings is 2. The van der Waals surface area contributed by atoms with E-state index in [1.165, 1.54) is 24.3 Å². The number of hydrogen-bond donors (Lipinski definition) is 2. The molecule has 6 nitrogen and oxygen atoms in total. The summed E-state index contributed by atoms with van der Waals surface area (Å²) in [5.41, 5.74) is 0.371. The highest BCUT2D eigenvalue weighted by molar-refractivity contribution is 5.91. The summed E-state index contributed by atoms with van der Waals surface area (Å²) in [6.07, 6.45) is 0. The summed E-state index contributed by atoms with van der Waals surface area (Å²) in [4.78, 5) is 23.0. The molecule has 2 N–H and O–H groups in total. The number of nitrogens with zero attached hydrogens (tertiary/aromatic N) is 1. The van der Waals surface area contributed by atoms with Gasteiger partial charge in [-0.1, -0.05) is 30.3 Å². The average molecular weight is 339 g/mol. The number of ether oxygens (including phenoxy) is 1. The molecule has 0 aliphatic carbocycles. The van der Waals surface area contributed by atoms with E-state index in [9.17, 15) is 14.0 Å². The Hall–Kier alpha value is -3.48. The van der Waals surface area contributed by atoms with Crippen LogP contribution >= 0.6 is 0 Å². The maximum absolute atomic E-state index is 13.7. The first-order valence-electron chi connectivity index (χ1n) is 7.48. The van der Waals surface area contributed by atoms with Gasteiger partial charge in [0.15, 0.2) is 11.6 Å². The normalized spacial score (nSPS) is 10.3. The molecule has 2 aromatic carbocycles. The third-order valence-electron chi connectivity index (χ3n) is 3.38. The van der Waals surface area contributed by atoms with Crippen LogP contribution in [-0.4, -0.2) is 16.1 Å². The molecule has 1 heterocycles. The highest BCUT2D eigenvalue weighted by atomic mass is 19.1. The van der Waals surface area contributed by atoms with Crippen LogP contribution in [0.3, 0.4) is 0 Å². The van der Waals surface area contributed by atoms with Crippen molar-refractivity contribution < 1.29 is 13.9 Å². The Labute approximate surface area is 142 Å². The van der Waals surface area contributed by atoms with E-state index < -0.39 is 11.7 Å². The SMILES string of the molecule is O=C(NCc1ccccc1Oc1ccccc1F)c1ccc(=O)[nH]n1. The summed E-state index contributed by atoms with van der Waals surface area (Å²) in [5, 5.41) is 8.54. The van der Waals surface area contributed by atoms with Crippen molar-refractivity contribution in [3.8, 4) is 11.5 Å². The molecule has 1 aromatic heterocycles. The van der Waals surface area contributed by atoms with Gasteiger partial charge in [0, 0.05) is 18.2 Å². The van der Waals surface area contributed by atoms with Gasteiger partial charge < -0.3 is 10.1 Å². The number of halogens is 1. The number of rotatable bonds is 5. The van der Waals surface area contributed by atoms with E-state index >= 15 is 0 Å². The first-order chi connectivity index (χ1) is 12.1. The van der Waals surface area contributed by atoms with Gasteiger partial charge in [0.2, 0.25) is 0 Å². The molecule has 0 atom stereocenters. The third kappa shape index (κ3) is 4.08. The van der Waals surface area contributed by atoms with E-state index in [2.05, 4.69) is 15.5 Å². The molecule has 3 aromatic rings. The smallest absolute Gasteiger partial charge is 0.271 e. The molecule has 1 amide bonds. The molecule has 0 radical (unpaired) electrons. The molecule has 0 aliphatic heterocycles. The Balaban J connectivity index is 1.73. The van der Waals surface area contributed by atoms with Crippen molar-refractivity contribution in [1.82, 2.24) is 15.5 Å². The molecule has 25 heavy (non-hydrogen) atoms. The lowest BCUT2D eigenvalue weighted by atomic mass is 10.2. The Morgan fingerprint density at radius 1 is 1.04 bits per heavy atom. The lowest BCUT2D eigenvalue weighted by Crippen LogP contribution is -2.25. The van der Waals surface area contributed by atoms with Crippen LogP contribution in [0.2, 0.25) is 0 Å². The number of aromatic nitrogens is 2. The van der Waals surface area contributed by atoms with Gasteiger partial charge in [-0.15, -0.1) is 0 Å². The number of hydrogen-bond acceptors (Lipinski definition) is 4. The first kappa shape index (κ1) is 16.4. The van der Waals surface area contributed by atoms with Crippen LogP contribution in [0, 0.1) is 5.82 Å². The van der Waals surface area contributed by atoms with Crippen molar-refractivity contribution in [2.75, 3.05) is 0 Å². The summed E-state index contributed by atoms with van der Waals surface area (Å²) in [7, 11) is 0. The molecular formula is C18H14FN3O3. The second-order valence-electron chi connectivity index (χ2n) is 5.13. The number of H-pyrrole nitrogens is 1. The minimum atomic E-state index is -0.473. The van der Waals surface area contributed by atoms with Gasteiger partial charge in [-0.2, -0.15) is 5.10 Å². The van der Waals surface area contributed by atoms with Crippen molar-refractivity contribution in [3.63, 3.8) is 0 Å². The number of amides is 1. The van der Waals surface area contributed by atoms with Crippen molar-refractivity contribution in [2.45, 2.75) is 6.54 Å². The van der Waals surface area contributed by atoms with E-state index in [1.54, 1.807) is 36.4 Å². The third-order valence-corrected chi connectivity index (χ3v) is 3.38. The first-order valence-corrected chi connectivity index (χ1v) is 7.48. The van der Waals surface area contributed by atoms with Crippen LogP contribution in [-0.2, 0) is 6.54 Å². The number of aromatic amines is 1. The highest BCUT2D eigenvalue weighted by Gasteiger charge is 2.11. The lowest BCUT2D eigenvalue weighted by Gasteiger charge is -2.12. The molecule has 126 valence electrons. The number of carbonyl (C=O) groups is 1. The predicted octanol–water partition coefficient (Wildman–Crippen LogP) is 2.63. The maximum atomic E-state index is 13.7. The zero-order valence-electron chi connectivity index (χ0n) is 13.0. The van der Waals surface area contributed by atoms with Crippen molar-refractivity contribution in [3.05, 3.63) is 88.1 Å². The molecule has 3 rings (SSSR count). The molecule has 7 heteroatoms. The van der Waals surface area contributed by atoms with Gasteiger partial charge in [-0.25, -0.2) is 9.49 Å². The fourth-order valence-electron chi connectivity index (χ4n) is 2.13. The molecule has 0 unspecified atom stereocenters. The van der Waals surface area contributed by atoms with E-state index in [1.807, 2.05) is 0 Å². The fraction of sp³-hybridized carbons (Fsp3) is 0.0556. The van der Waals surface area contributed by atoms with Crippen LogP contribution in [0.4, 0.5) is 4.39 Å². The Bertz CT molecular complexity index is 936. The standard InChI is InChI=1S/C18H14FN3O3/c19-13-6-2-4-8-16(13)25-15-7-3-1-5-12(15)11-20-18(24)14-9-10-17(23)22-21-14/h1-10H,11H2,(H,20,24)(H,22,23). The van der Waals surface area contributed by atoms with Crippen LogP contribution in [0.25, 0.3) is 0 Å². The summed E-state index contributed by atoms with van der Waals surface area (Å²) < 4.78 is 19.3. The molecule has 0 fully saturated rings. The lowest BCUT2D eigenvalue weighted by molar-refractivity contribution is 0.0944. The average Bonchev–Trinajstić information content (AvgIpc) is 2.63. The minimum absolute atomic E-state index is 0.0899. The minimum Gasteiger partial charge on any atom is -0.454 e. The Morgan fingerprint density at radius 3 is 2.48 bits per heavy atom. The van der Waals surface area contributed by atoms with E-state index in [4.69, 9.17) is 4.74 Å². The van der Waals surface area contributed by atoms with Crippen LogP contribution in [0.15, 0.2) is 65.5 Å². The zero-order chi connectivity index (χ0) is 17.6. The van der Waals surface area contributed by atoms with Gasteiger partial charge in [0.25, 0.3) is 11.5 Å². The Morgan fingerprint density at radius 2 is 1.76 bits per heavy atom. The van der Waals surface area contributed by atoms with Gasteiger partial charge >= 0.3 is 0 Å². The summed E-state index contributed by atoms with van der Waals surface area (Å²) >= 11 is 0. The van der Waals surface area contributed by atoms with Crippen molar-refractivity contribution >= 4 is 5.91 Å².